The van der Waals surface area contributed by atoms with Crippen LogP contribution in [0.5, 0.6) is 11.5 Å². The molecule has 3 rings (SSSR count). The first-order valence-corrected chi connectivity index (χ1v) is 9.51. The first kappa shape index (κ1) is 23.1. The molecule has 30 heavy (non-hydrogen) atoms. The highest BCUT2D eigenvalue weighted by molar-refractivity contribution is 5.42. The fraction of sp³-hybridized carbons (Fsp3) is 0.684. The van der Waals surface area contributed by atoms with Crippen LogP contribution in [0.15, 0.2) is 18.2 Å². The number of aliphatic hydroxyl groups excluding tert-OH is 6. The molecule has 0 aromatic heterocycles. The molecule has 11 heteroatoms. The van der Waals surface area contributed by atoms with E-state index in [0.717, 1.165) is 5.56 Å². The highest BCUT2D eigenvalue weighted by Gasteiger charge is 2.47. The van der Waals surface area contributed by atoms with Crippen LogP contribution in [-0.2, 0) is 14.2 Å². The van der Waals surface area contributed by atoms with Gasteiger partial charge in [0.15, 0.2) is 17.8 Å². The summed E-state index contributed by atoms with van der Waals surface area (Å²) in [4.78, 5) is 0. The second kappa shape index (κ2) is 9.73. The summed E-state index contributed by atoms with van der Waals surface area (Å²) in [5.74, 6) is 0.657. The van der Waals surface area contributed by atoms with Crippen LogP contribution in [0.2, 0.25) is 0 Å². The molecule has 0 radical (unpaired) electrons. The summed E-state index contributed by atoms with van der Waals surface area (Å²) < 4.78 is 27.1. The Hall–Kier alpha value is -1.54. The van der Waals surface area contributed by atoms with E-state index in [9.17, 15) is 25.5 Å². The van der Waals surface area contributed by atoms with E-state index in [1.807, 2.05) is 6.92 Å². The molecule has 2 aliphatic rings. The molecule has 6 N–H and O–H groups in total. The molecule has 170 valence electrons. The molecule has 2 saturated heterocycles. The lowest BCUT2D eigenvalue weighted by atomic mass is 9.99. The lowest BCUT2D eigenvalue weighted by Crippen LogP contribution is -2.60. The highest BCUT2D eigenvalue weighted by Crippen LogP contribution is 2.32. The maximum atomic E-state index is 10.3. The second-order valence-electron chi connectivity index (χ2n) is 7.33. The molecule has 0 amide bonds. The minimum absolute atomic E-state index is 0.263. The summed E-state index contributed by atoms with van der Waals surface area (Å²) in [5.41, 5.74) is 0.921. The minimum atomic E-state index is -1.60. The lowest BCUT2D eigenvalue weighted by Gasteiger charge is -2.40. The minimum Gasteiger partial charge on any atom is -0.493 e. The van der Waals surface area contributed by atoms with Crippen LogP contribution in [0.3, 0.4) is 0 Å². The molecular weight excluding hydrogens is 404 g/mol. The monoisotopic (exact) mass is 432 g/mol. The van der Waals surface area contributed by atoms with Crippen LogP contribution in [0, 0.1) is 6.92 Å². The van der Waals surface area contributed by atoms with E-state index in [0.29, 0.717) is 5.75 Å². The van der Waals surface area contributed by atoms with E-state index in [2.05, 4.69) is 0 Å². The molecule has 2 heterocycles. The zero-order chi connectivity index (χ0) is 22.0. The molecule has 0 saturated carbocycles. The van der Waals surface area contributed by atoms with Gasteiger partial charge in [-0.2, -0.15) is 0 Å². The summed E-state index contributed by atoms with van der Waals surface area (Å²) >= 11 is 0. The summed E-state index contributed by atoms with van der Waals surface area (Å²) in [7, 11) is 1.45. The van der Waals surface area contributed by atoms with Gasteiger partial charge in [0.1, 0.15) is 42.7 Å². The van der Waals surface area contributed by atoms with Crippen LogP contribution in [0.4, 0.5) is 0 Å². The number of aryl methyl sites for hydroxylation is 1. The van der Waals surface area contributed by atoms with Crippen molar-refractivity contribution in [3.8, 4) is 11.5 Å². The van der Waals surface area contributed by atoms with Crippen LogP contribution in [-0.4, -0.2) is 106 Å². The first-order chi connectivity index (χ1) is 14.3. The zero-order valence-electron chi connectivity index (χ0n) is 16.6. The molecular formula is C19H28O11. The molecule has 1 aromatic rings. The van der Waals surface area contributed by atoms with Crippen molar-refractivity contribution < 1.29 is 54.3 Å². The van der Waals surface area contributed by atoms with Crippen molar-refractivity contribution in [2.45, 2.75) is 62.2 Å². The number of methoxy groups -OCH3 is 1. The maximum Gasteiger partial charge on any atom is 0.229 e. The molecule has 2 aliphatic heterocycles. The summed E-state index contributed by atoms with van der Waals surface area (Å²) in [6.45, 7) is 0.992. The van der Waals surface area contributed by atoms with E-state index >= 15 is 0 Å². The van der Waals surface area contributed by atoms with Gasteiger partial charge in [0, 0.05) is 0 Å². The van der Waals surface area contributed by atoms with Crippen molar-refractivity contribution >= 4 is 0 Å². The summed E-state index contributed by atoms with van der Waals surface area (Å²) in [5, 5.41) is 59.5. The van der Waals surface area contributed by atoms with Crippen LogP contribution >= 0.6 is 0 Å². The Morgan fingerprint density at radius 3 is 2.10 bits per heavy atom. The predicted molar refractivity (Wildman–Crippen MR) is 98.8 cm³/mol. The number of hydrogen-bond acceptors (Lipinski definition) is 11. The van der Waals surface area contributed by atoms with Crippen molar-refractivity contribution in [3.63, 3.8) is 0 Å². The third-order valence-electron chi connectivity index (χ3n) is 5.15. The molecule has 9 unspecified atom stereocenters. The molecule has 1 aromatic carbocycles. The third kappa shape index (κ3) is 4.69. The summed E-state index contributed by atoms with van der Waals surface area (Å²) in [6, 6.07) is 5.10. The second-order valence-corrected chi connectivity index (χ2v) is 7.33. The predicted octanol–water partition coefficient (Wildman–Crippen LogP) is -2.35. The Labute approximate surface area is 172 Å². The van der Waals surface area contributed by atoms with Crippen molar-refractivity contribution in [3.05, 3.63) is 23.8 Å². The maximum absolute atomic E-state index is 10.3. The molecule has 0 bridgehead atoms. The van der Waals surface area contributed by atoms with Gasteiger partial charge in [-0.3, -0.25) is 0 Å². The Morgan fingerprint density at radius 1 is 0.833 bits per heavy atom. The average molecular weight is 432 g/mol. The SMILES string of the molecule is COc1cc(C)ccc1OC1OC(COC2OC(CO)C(O)C2O)C(O)C(O)C1O. The molecule has 9 atom stereocenters. The number of hydrogen-bond donors (Lipinski definition) is 6. The normalized spacial score (nSPS) is 39.1. The smallest absolute Gasteiger partial charge is 0.229 e. The Kier molecular flexibility index (Phi) is 7.50. The molecule has 0 spiro atoms. The van der Waals surface area contributed by atoms with Gasteiger partial charge in [-0.1, -0.05) is 6.07 Å². The van der Waals surface area contributed by atoms with E-state index in [4.69, 9.17) is 28.8 Å². The topological polar surface area (TPSA) is 168 Å². The molecule has 11 nitrogen and oxygen atoms in total. The van der Waals surface area contributed by atoms with Crippen molar-refractivity contribution in [1.82, 2.24) is 0 Å². The fourth-order valence-electron chi connectivity index (χ4n) is 3.34. The van der Waals surface area contributed by atoms with Gasteiger partial charge >= 0.3 is 0 Å². The van der Waals surface area contributed by atoms with Gasteiger partial charge in [-0.25, -0.2) is 0 Å². The zero-order valence-corrected chi connectivity index (χ0v) is 16.6. The van der Waals surface area contributed by atoms with Gasteiger partial charge in [0.05, 0.1) is 20.3 Å². The average Bonchev–Trinajstić information content (AvgIpc) is 3.02. The Bertz CT molecular complexity index is 701. The fourth-order valence-corrected chi connectivity index (χ4v) is 3.34. The quantitative estimate of drug-likeness (QED) is 0.273. The van der Waals surface area contributed by atoms with E-state index in [-0.39, 0.29) is 12.4 Å². The summed E-state index contributed by atoms with van der Waals surface area (Å²) in [6.07, 6.45) is -12.2. The van der Waals surface area contributed by atoms with Crippen LogP contribution < -0.4 is 9.47 Å². The molecule has 0 aliphatic carbocycles. The Morgan fingerprint density at radius 2 is 1.47 bits per heavy atom. The lowest BCUT2D eigenvalue weighted by molar-refractivity contribution is -0.290. The third-order valence-corrected chi connectivity index (χ3v) is 5.15. The van der Waals surface area contributed by atoms with Gasteiger partial charge in [0.25, 0.3) is 0 Å². The number of aliphatic hydroxyl groups is 6. The van der Waals surface area contributed by atoms with E-state index < -0.39 is 61.9 Å². The van der Waals surface area contributed by atoms with Crippen LogP contribution in [0.25, 0.3) is 0 Å². The van der Waals surface area contributed by atoms with Crippen molar-refractivity contribution in [1.29, 1.82) is 0 Å². The first-order valence-electron chi connectivity index (χ1n) is 9.51. The van der Waals surface area contributed by atoms with Gasteiger partial charge in [-0.05, 0) is 24.6 Å². The van der Waals surface area contributed by atoms with Gasteiger partial charge in [-0.15, -0.1) is 0 Å². The number of ether oxygens (including phenoxy) is 5. The van der Waals surface area contributed by atoms with Crippen molar-refractivity contribution in [2.24, 2.45) is 0 Å². The van der Waals surface area contributed by atoms with Crippen LogP contribution in [0.1, 0.15) is 5.56 Å². The molecule has 2 fully saturated rings. The Balaban J connectivity index is 1.66. The standard InChI is InChI=1S/C19H28O11/c1-8-3-4-9(10(5-8)26-2)28-19-17(25)15(23)14(22)12(30-19)7-27-18-16(24)13(21)11(6-20)29-18/h3-5,11-25H,6-7H2,1-2H3. The highest BCUT2D eigenvalue weighted by atomic mass is 16.7. The van der Waals surface area contributed by atoms with Gasteiger partial charge < -0.3 is 54.3 Å². The van der Waals surface area contributed by atoms with Crippen molar-refractivity contribution in [2.75, 3.05) is 20.3 Å². The number of rotatable bonds is 7. The van der Waals surface area contributed by atoms with E-state index in [1.165, 1.54) is 7.11 Å². The van der Waals surface area contributed by atoms with E-state index in [1.54, 1.807) is 18.2 Å². The number of benzene rings is 1. The van der Waals surface area contributed by atoms with Gasteiger partial charge in [0.2, 0.25) is 6.29 Å². The largest absolute Gasteiger partial charge is 0.493 e.